The molecule has 1 unspecified atom stereocenters. The highest BCUT2D eigenvalue weighted by Gasteiger charge is 2.37. The average Bonchev–Trinajstić information content (AvgIpc) is 3.05. The fourth-order valence-electron chi connectivity index (χ4n) is 4.12. The third-order valence-electron chi connectivity index (χ3n) is 5.60. The van der Waals surface area contributed by atoms with Crippen molar-refractivity contribution < 1.29 is 28.2 Å². The van der Waals surface area contributed by atoms with E-state index in [-0.39, 0.29) is 34.0 Å². The second-order valence-corrected chi connectivity index (χ2v) is 8.46. The molecule has 0 aromatic carbocycles. The lowest BCUT2D eigenvalue weighted by atomic mass is 9.70. The Kier molecular flexibility index (Phi) is 4.75. The number of carboxylic acids is 1. The Labute approximate surface area is 175 Å². The Morgan fingerprint density at radius 1 is 1.39 bits per heavy atom. The number of pyridine rings is 2. The quantitative estimate of drug-likeness (QED) is 0.650. The van der Waals surface area contributed by atoms with Crippen molar-refractivity contribution in [3.63, 3.8) is 0 Å². The highest BCUT2D eigenvalue weighted by molar-refractivity contribution is 5.88. The van der Waals surface area contributed by atoms with Gasteiger partial charge in [0, 0.05) is 12.3 Å². The van der Waals surface area contributed by atoms with Gasteiger partial charge in [-0.1, -0.05) is 20.8 Å². The third kappa shape index (κ3) is 3.31. The van der Waals surface area contributed by atoms with Crippen LogP contribution < -0.4 is 15.0 Å². The summed E-state index contributed by atoms with van der Waals surface area (Å²) in [5.74, 6) is -1.61. The van der Waals surface area contributed by atoms with Gasteiger partial charge in [0.05, 0.1) is 18.5 Å². The molecule has 4 rings (SSSR count). The van der Waals surface area contributed by atoms with Gasteiger partial charge >= 0.3 is 12.6 Å². The van der Waals surface area contributed by atoms with Crippen LogP contribution >= 0.6 is 0 Å². The molecule has 2 N–H and O–H groups in total. The van der Waals surface area contributed by atoms with E-state index in [0.29, 0.717) is 29.1 Å². The summed E-state index contributed by atoms with van der Waals surface area (Å²) in [5.41, 5.74) is 0.812. The third-order valence-corrected chi connectivity index (χ3v) is 5.60. The molecule has 3 heterocycles. The minimum Gasteiger partial charge on any atom is -0.493 e. The summed E-state index contributed by atoms with van der Waals surface area (Å²) in [4.78, 5) is 31.1. The monoisotopic (exact) mass is 433 g/mol. The van der Waals surface area contributed by atoms with Crippen molar-refractivity contribution in [2.24, 2.45) is 5.41 Å². The molecule has 1 aliphatic rings. The fraction of sp³-hybridized carbons (Fsp3) is 0.381. The normalized spacial score (nSPS) is 15.6. The second-order valence-electron chi connectivity index (χ2n) is 8.46. The summed E-state index contributed by atoms with van der Waals surface area (Å²) in [7, 11) is 1.34. The maximum Gasteiger partial charge on any atom is 0.387 e. The number of fused-ring (bicyclic) bond motifs is 5. The van der Waals surface area contributed by atoms with Crippen molar-refractivity contribution in [1.82, 2.24) is 14.4 Å². The SMILES string of the molecule is COc1ccn2c3c(nc2c1OC(F)F)-c1[nH]c(=O)c(C(=O)O)cc1C(C(C)(C)C)C3. The molecule has 8 nitrogen and oxygen atoms in total. The van der Waals surface area contributed by atoms with Crippen LogP contribution in [0.5, 0.6) is 11.5 Å². The Morgan fingerprint density at radius 2 is 2.10 bits per heavy atom. The number of carboxylic acid groups (broad SMARTS) is 1. The summed E-state index contributed by atoms with van der Waals surface area (Å²) in [6, 6.07) is 2.89. The van der Waals surface area contributed by atoms with Crippen LogP contribution in [0, 0.1) is 5.41 Å². The van der Waals surface area contributed by atoms with Crippen molar-refractivity contribution in [2.75, 3.05) is 7.11 Å². The van der Waals surface area contributed by atoms with Gasteiger partial charge in [-0.2, -0.15) is 8.78 Å². The first kappa shape index (κ1) is 20.8. The molecule has 1 atom stereocenters. The van der Waals surface area contributed by atoms with Crippen LogP contribution in [0.25, 0.3) is 17.0 Å². The van der Waals surface area contributed by atoms with Gasteiger partial charge in [-0.15, -0.1) is 0 Å². The number of aromatic nitrogens is 3. The van der Waals surface area contributed by atoms with Gasteiger partial charge in [0.15, 0.2) is 11.4 Å². The number of aromatic carboxylic acids is 1. The van der Waals surface area contributed by atoms with E-state index in [4.69, 9.17) is 9.47 Å². The van der Waals surface area contributed by atoms with E-state index >= 15 is 0 Å². The maximum absolute atomic E-state index is 13.1. The average molecular weight is 433 g/mol. The Balaban J connectivity index is 2.06. The van der Waals surface area contributed by atoms with Crippen LogP contribution in [0.1, 0.15) is 48.3 Å². The lowest BCUT2D eigenvalue weighted by Crippen LogP contribution is -2.29. The van der Waals surface area contributed by atoms with Gasteiger partial charge in [0.25, 0.3) is 5.56 Å². The number of rotatable bonds is 4. The minimum atomic E-state index is -3.08. The predicted octanol–water partition coefficient (Wildman–Crippen LogP) is 3.68. The number of hydrogen-bond donors (Lipinski definition) is 2. The molecule has 0 fully saturated rings. The molecule has 10 heteroatoms. The number of H-pyrrole nitrogens is 1. The van der Waals surface area contributed by atoms with E-state index < -0.39 is 18.1 Å². The summed E-state index contributed by atoms with van der Waals surface area (Å²) in [5, 5.41) is 9.40. The molecule has 0 bridgehead atoms. The van der Waals surface area contributed by atoms with Gasteiger partial charge in [-0.05, 0) is 29.4 Å². The number of carbonyl (C=O) groups is 1. The Morgan fingerprint density at radius 3 is 2.68 bits per heavy atom. The van der Waals surface area contributed by atoms with Crippen LogP contribution in [0.2, 0.25) is 0 Å². The molecule has 0 spiro atoms. The van der Waals surface area contributed by atoms with E-state index in [0.717, 1.165) is 0 Å². The van der Waals surface area contributed by atoms with Crippen molar-refractivity contribution in [3.05, 3.63) is 45.5 Å². The predicted molar refractivity (Wildman–Crippen MR) is 107 cm³/mol. The largest absolute Gasteiger partial charge is 0.493 e. The number of nitrogens with zero attached hydrogens (tertiary/aromatic N) is 2. The molecular formula is C21H21F2N3O5. The zero-order chi connectivity index (χ0) is 22.7. The number of ether oxygens (including phenoxy) is 2. The molecule has 3 aromatic heterocycles. The van der Waals surface area contributed by atoms with Crippen molar-refractivity contribution in [2.45, 2.75) is 39.7 Å². The summed E-state index contributed by atoms with van der Waals surface area (Å²) >= 11 is 0. The minimum absolute atomic E-state index is 0.0949. The smallest absolute Gasteiger partial charge is 0.387 e. The molecule has 0 aliphatic heterocycles. The lowest BCUT2D eigenvalue weighted by Gasteiger charge is -2.35. The van der Waals surface area contributed by atoms with Crippen LogP contribution in [0.3, 0.4) is 0 Å². The number of alkyl halides is 2. The van der Waals surface area contributed by atoms with Crippen molar-refractivity contribution in [1.29, 1.82) is 0 Å². The molecule has 31 heavy (non-hydrogen) atoms. The van der Waals surface area contributed by atoms with Crippen LogP contribution in [-0.2, 0) is 6.42 Å². The number of halogens is 2. The zero-order valence-electron chi connectivity index (χ0n) is 17.3. The number of hydrogen-bond acceptors (Lipinski definition) is 5. The molecule has 3 aromatic rings. The number of imidazole rings is 1. The van der Waals surface area contributed by atoms with Gasteiger partial charge < -0.3 is 19.6 Å². The summed E-state index contributed by atoms with van der Waals surface area (Å²) in [6.45, 7) is 2.95. The standard InChI is InChI=1S/C21H21F2N3O5/c1-21(2,3)11-8-12-15(14-9(11)7-10(19(28)29)18(27)25-14)24-17-16(31-20(22)23)13(30-4)5-6-26(12)17/h5-7,11,20H,8H2,1-4H3,(H,25,27)(H,28,29). The first-order chi connectivity index (χ1) is 14.5. The molecule has 0 amide bonds. The fourth-order valence-corrected chi connectivity index (χ4v) is 4.12. The molecule has 1 aliphatic carbocycles. The van der Waals surface area contributed by atoms with Gasteiger partial charge in [-0.25, -0.2) is 9.78 Å². The summed E-state index contributed by atoms with van der Waals surface area (Å²) < 4.78 is 37.6. The van der Waals surface area contributed by atoms with Gasteiger partial charge in [0.1, 0.15) is 11.3 Å². The van der Waals surface area contributed by atoms with Crippen LogP contribution in [0.4, 0.5) is 8.78 Å². The van der Waals surface area contributed by atoms with E-state index in [2.05, 4.69) is 9.97 Å². The van der Waals surface area contributed by atoms with E-state index in [1.165, 1.54) is 19.2 Å². The van der Waals surface area contributed by atoms with E-state index in [1.807, 2.05) is 20.8 Å². The lowest BCUT2D eigenvalue weighted by molar-refractivity contribution is -0.0505. The zero-order valence-corrected chi connectivity index (χ0v) is 17.3. The number of aromatic amines is 1. The molecular weight excluding hydrogens is 412 g/mol. The summed E-state index contributed by atoms with van der Waals surface area (Å²) in [6.07, 6.45) is 2.10. The van der Waals surface area contributed by atoms with Gasteiger partial charge in [0.2, 0.25) is 5.75 Å². The number of methoxy groups -OCH3 is 1. The molecule has 164 valence electrons. The Bertz CT molecular complexity index is 1260. The first-order valence-electron chi connectivity index (χ1n) is 9.56. The van der Waals surface area contributed by atoms with Crippen molar-refractivity contribution in [3.8, 4) is 22.9 Å². The highest BCUT2D eigenvalue weighted by atomic mass is 19.3. The van der Waals surface area contributed by atoms with Crippen molar-refractivity contribution >= 4 is 11.6 Å². The van der Waals surface area contributed by atoms with E-state index in [9.17, 15) is 23.5 Å². The van der Waals surface area contributed by atoms with Gasteiger partial charge in [-0.3, -0.25) is 9.20 Å². The van der Waals surface area contributed by atoms with Crippen LogP contribution in [0.15, 0.2) is 23.1 Å². The topological polar surface area (TPSA) is 106 Å². The Hall–Kier alpha value is -3.43. The number of nitrogens with one attached hydrogen (secondary N) is 1. The molecule has 0 radical (unpaired) electrons. The first-order valence-corrected chi connectivity index (χ1v) is 9.56. The second kappa shape index (κ2) is 7.07. The van der Waals surface area contributed by atoms with Crippen LogP contribution in [-0.4, -0.2) is 39.2 Å². The molecule has 0 saturated heterocycles. The maximum atomic E-state index is 13.1. The molecule has 0 saturated carbocycles. The highest BCUT2D eigenvalue weighted by Crippen LogP contribution is 2.47. The van der Waals surface area contributed by atoms with E-state index in [1.54, 1.807) is 10.6 Å².